The molecule has 0 spiro atoms. The molecule has 1 fully saturated rings. The zero-order valence-corrected chi connectivity index (χ0v) is 14.8. The fourth-order valence-corrected chi connectivity index (χ4v) is 4.32. The Balaban J connectivity index is 1.56. The van der Waals surface area contributed by atoms with Gasteiger partial charge in [-0.25, -0.2) is 0 Å². The first-order chi connectivity index (χ1) is 13.2. The summed E-state index contributed by atoms with van der Waals surface area (Å²) in [5.74, 6) is 1.36. The molecule has 4 heterocycles. The predicted octanol–water partition coefficient (Wildman–Crippen LogP) is 3.14. The van der Waals surface area contributed by atoms with Crippen LogP contribution in [0.25, 0.3) is 11.5 Å². The van der Waals surface area contributed by atoms with Gasteiger partial charge in [-0.2, -0.15) is 5.10 Å². The fourth-order valence-electron chi connectivity index (χ4n) is 4.32. The minimum atomic E-state index is -0.390. The van der Waals surface area contributed by atoms with E-state index in [1.165, 1.54) is 6.42 Å². The van der Waals surface area contributed by atoms with Crippen LogP contribution in [0.2, 0.25) is 0 Å². The molecule has 3 N–H and O–H groups in total. The first-order valence-electron chi connectivity index (χ1n) is 9.44. The van der Waals surface area contributed by atoms with E-state index in [4.69, 9.17) is 4.42 Å². The summed E-state index contributed by atoms with van der Waals surface area (Å²) in [6, 6.07) is 5.71. The number of hydrogen-bond acceptors (Lipinski definition) is 4. The number of nitrogens with one attached hydrogen (secondary N) is 3. The first-order valence-corrected chi connectivity index (χ1v) is 9.44. The van der Waals surface area contributed by atoms with Gasteiger partial charge in [0.1, 0.15) is 17.3 Å². The molecule has 0 aromatic carbocycles. The van der Waals surface area contributed by atoms with E-state index in [0.29, 0.717) is 22.9 Å². The molecule has 140 valence electrons. The average Bonchev–Trinajstić information content (AvgIpc) is 3.42. The molecule has 2 aliphatic rings. The number of aromatic amines is 2. The maximum atomic E-state index is 12.8. The van der Waals surface area contributed by atoms with Crippen LogP contribution in [0.4, 0.5) is 5.82 Å². The van der Waals surface area contributed by atoms with Crippen LogP contribution >= 0.6 is 0 Å². The molecule has 0 bridgehead atoms. The highest BCUT2D eigenvalue weighted by molar-refractivity contribution is 5.94. The summed E-state index contributed by atoms with van der Waals surface area (Å²) in [4.78, 5) is 25.2. The smallest absolute Gasteiger partial charge is 0.270 e. The summed E-state index contributed by atoms with van der Waals surface area (Å²) in [5, 5.41) is 12.7. The van der Waals surface area contributed by atoms with Crippen LogP contribution in [0.1, 0.15) is 61.8 Å². The minimum Gasteiger partial charge on any atom is -0.459 e. The number of amides is 1. The Hall–Kier alpha value is -3.03. The van der Waals surface area contributed by atoms with Crippen molar-refractivity contribution in [1.29, 1.82) is 0 Å². The molecule has 27 heavy (non-hydrogen) atoms. The number of carbonyl (C=O) groups excluding carboxylic acids is 1. The average molecular weight is 367 g/mol. The quantitative estimate of drug-likeness (QED) is 0.661. The summed E-state index contributed by atoms with van der Waals surface area (Å²) in [5.41, 5.74) is 1.20. The largest absolute Gasteiger partial charge is 0.459 e. The van der Waals surface area contributed by atoms with E-state index in [9.17, 15) is 9.59 Å². The molecule has 1 aliphatic carbocycles. The lowest BCUT2D eigenvalue weighted by atomic mass is 9.91. The summed E-state index contributed by atoms with van der Waals surface area (Å²) in [7, 11) is 0. The predicted molar refractivity (Wildman–Crippen MR) is 98.6 cm³/mol. The van der Waals surface area contributed by atoms with Gasteiger partial charge >= 0.3 is 0 Å². The number of nitrogens with zero attached hydrogens (tertiary/aromatic N) is 2. The van der Waals surface area contributed by atoms with Crippen molar-refractivity contribution in [2.24, 2.45) is 0 Å². The van der Waals surface area contributed by atoms with Crippen LogP contribution < -0.4 is 10.9 Å². The zero-order valence-electron chi connectivity index (χ0n) is 14.8. The SMILES string of the molecule is O=C1C[C@@H](c2ccc(-c3ccn[nH]3)o2)c2c(n(C3CCCCC3)[nH]c2=O)N1. The number of fused-ring (bicyclic) bond motifs is 1. The van der Waals surface area contributed by atoms with E-state index in [1.54, 1.807) is 6.20 Å². The first kappa shape index (κ1) is 16.2. The normalized spacial score (nSPS) is 20.4. The third kappa shape index (κ3) is 2.72. The van der Waals surface area contributed by atoms with Crippen LogP contribution in [0, 0.1) is 0 Å². The molecule has 5 rings (SSSR count). The van der Waals surface area contributed by atoms with Crippen LogP contribution in [0.3, 0.4) is 0 Å². The second-order valence-electron chi connectivity index (χ2n) is 7.34. The van der Waals surface area contributed by atoms with E-state index in [2.05, 4.69) is 20.6 Å². The fraction of sp³-hybridized carbons (Fsp3) is 0.421. The lowest BCUT2D eigenvalue weighted by Crippen LogP contribution is -2.27. The molecular weight excluding hydrogens is 346 g/mol. The molecular formula is C19H21N5O3. The third-order valence-corrected chi connectivity index (χ3v) is 5.63. The summed E-state index contributed by atoms with van der Waals surface area (Å²) in [6.45, 7) is 0. The van der Waals surface area contributed by atoms with Gasteiger partial charge in [0.2, 0.25) is 5.91 Å². The van der Waals surface area contributed by atoms with Crippen molar-refractivity contribution in [3.05, 3.63) is 46.1 Å². The lowest BCUT2D eigenvalue weighted by Gasteiger charge is -2.27. The molecule has 0 saturated heterocycles. The van der Waals surface area contributed by atoms with Gasteiger partial charge in [0, 0.05) is 12.6 Å². The van der Waals surface area contributed by atoms with Crippen molar-refractivity contribution in [2.45, 2.75) is 50.5 Å². The van der Waals surface area contributed by atoms with Gasteiger partial charge < -0.3 is 9.73 Å². The molecule has 0 radical (unpaired) electrons. The number of anilines is 1. The van der Waals surface area contributed by atoms with E-state index in [-0.39, 0.29) is 29.8 Å². The Bertz CT molecular complexity index is 1020. The molecule has 0 unspecified atom stereocenters. The molecule has 3 aromatic rings. The zero-order chi connectivity index (χ0) is 18.4. The molecule has 1 aliphatic heterocycles. The van der Waals surface area contributed by atoms with E-state index < -0.39 is 0 Å². The molecule has 1 amide bonds. The van der Waals surface area contributed by atoms with Gasteiger partial charge in [-0.1, -0.05) is 19.3 Å². The van der Waals surface area contributed by atoms with Crippen molar-refractivity contribution in [3.63, 3.8) is 0 Å². The van der Waals surface area contributed by atoms with Crippen LogP contribution in [0.5, 0.6) is 0 Å². The Morgan fingerprint density at radius 2 is 1.96 bits per heavy atom. The number of H-pyrrole nitrogens is 2. The van der Waals surface area contributed by atoms with E-state index >= 15 is 0 Å². The van der Waals surface area contributed by atoms with Crippen molar-refractivity contribution >= 4 is 11.7 Å². The second-order valence-corrected chi connectivity index (χ2v) is 7.34. The molecule has 1 saturated carbocycles. The van der Waals surface area contributed by atoms with Crippen molar-refractivity contribution < 1.29 is 9.21 Å². The van der Waals surface area contributed by atoms with Gasteiger partial charge in [0.25, 0.3) is 5.56 Å². The van der Waals surface area contributed by atoms with Gasteiger partial charge in [-0.15, -0.1) is 0 Å². The monoisotopic (exact) mass is 367 g/mol. The highest BCUT2D eigenvalue weighted by Crippen LogP contribution is 2.39. The maximum absolute atomic E-state index is 12.8. The Labute approximate surface area is 154 Å². The van der Waals surface area contributed by atoms with Gasteiger partial charge in [0.05, 0.1) is 17.5 Å². The standard InChI is InChI=1S/C19H21N5O3/c25-16-10-12(14-6-7-15(27-14)13-8-9-20-22-13)17-18(21-16)24(23-19(17)26)11-4-2-1-3-5-11/h6-9,11-12H,1-5,10H2,(H,20,22)(H,21,25)(H,23,26)/t12-/m0/s1. The molecule has 8 nitrogen and oxygen atoms in total. The van der Waals surface area contributed by atoms with Crippen molar-refractivity contribution in [1.82, 2.24) is 20.0 Å². The molecule has 1 atom stereocenters. The number of rotatable bonds is 3. The topological polar surface area (TPSA) is 109 Å². The minimum absolute atomic E-state index is 0.101. The summed E-state index contributed by atoms with van der Waals surface area (Å²) in [6.07, 6.45) is 7.39. The summed E-state index contributed by atoms with van der Waals surface area (Å²) >= 11 is 0. The highest BCUT2D eigenvalue weighted by Gasteiger charge is 2.36. The van der Waals surface area contributed by atoms with Crippen LogP contribution in [-0.4, -0.2) is 25.9 Å². The van der Waals surface area contributed by atoms with E-state index in [1.807, 2.05) is 22.9 Å². The number of carbonyl (C=O) groups is 1. The molecule has 3 aromatic heterocycles. The maximum Gasteiger partial charge on any atom is 0.270 e. The Morgan fingerprint density at radius 1 is 1.11 bits per heavy atom. The number of aromatic nitrogens is 4. The Morgan fingerprint density at radius 3 is 2.74 bits per heavy atom. The van der Waals surface area contributed by atoms with Crippen molar-refractivity contribution in [3.8, 4) is 11.5 Å². The third-order valence-electron chi connectivity index (χ3n) is 5.63. The molecule has 8 heteroatoms. The van der Waals surface area contributed by atoms with E-state index in [0.717, 1.165) is 31.4 Å². The summed E-state index contributed by atoms with van der Waals surface area (Å²) < 4.78 is 7.84. The highest BCUT2D eigenvalue weighted by atomic mass is 16.3. The number of hydrogen-bond donors (Lipinski definition) is 3. The van der Waals surface area contributed by atoms with Gasteiger partial charge in [-0.3, -0.25) is 24.5 Å². The Kier molecular flexibility index (Phi) is 3.77. The van der Waals surface area contributed by atoms with Crippen molar-refractivity contribution in [2.75, 3.05) is 5.32 Å². The second kappa shape index (κ2) is 6.29. The van der Waals surface area contributed by atoms with Crippen LogP contribution in [0.15, 0.2) is 33.6 Å². The number of furan rings is 1. The van der Waals surface area contributed by atoms with Gasteiger partial charge in [-0.05, 0) is 31.0 Å². The lowest BCUT2D eigenvalue weighted by molar-refractivity contribution is -0.116. The van der Waals surface area contributed by atoms with Crippen LogP contribution in [-0.2, 0) is 4.79 Å². The van der Waals surface area contributed by atoms with Gasteiger partial charge in [0.15, 0.2) is 5.76 Å².